The molecule has 1 aliphatic rings. The fourth-order valence-corrected chi connectivity index (χ4v) is 5.82. The van der Waals surface area contributed by atoms with E-state index in [1.54, 1.807) is 0 Å². The fraction of sp³-hybridized carbons (Fsp3) is 0.463. The summed E-state index contributed by atoms with van der Waals surface area (Å²) in [6.45, 7) is 4.86. The number of hydrogen-bond donors (Lipinski definition) is 1. The number of H-pyrrole nitrogens is 1. The van der Waals surface area contributed by atoms with Crippen LogP contribution in [0.25, 0.3) is 0 Å². The van der Waals surface area contributed by atoms with Gasteiger partial charge in [0.2, 0.25) is 0 Å². The molecule has 1 aliphatic heterocycles. The molecule has 0 saturated carbocycles. The van der Waals surface area contributed by atoms with Gasteiger partial charge < -0.3 is 23.7 Å². The van der Waals surface area contributed by atoms with Crippen molar-refractivity contribution in [2.24, 2.45) is 0 Å². The Bertz CT molecular complexity index is 1850. The Labute approximate surface area is 305 Å². The molecule has 2 heterocycles. The Hall–Kier alpha value is -4.94. The molecule has 0 radical (unpaired) electrons. The summed E-state index contributed by atoms with van der Waals surface area (Å²) in [7, 11) is 0. The van der Waals surface area contributed by atoms with Crippen molar-refractivity contribution >= 4 is 11.9 Å². The number of rotatable bonds is 19. The highest BCUT2D eigenvalue weighted by atomic mass is 16.6. The Morgan fingerprint density at radius 3 is 2.04 bits per heavy atom. The van der Waals surface area contributed by atoms with Crippen LogP contribution in [0.1, 0.15) is 106 Å². The van der Waals surface area contributed by atoms with Gasteiger partial charge in [-0.2, -0.15) is 0 Å². The highest BCUT2D eigenvalue weighted by Gasteiger charge is 2.39. The first kappa shape index (κ1) is 39.8. The van der Waals surface area contributed by atoms with Crippen molar-refractivity contribution in [3.8, 4) is 24.2 Å². The molecule has 11 nitrogen and oxygen atoms in total. The number of carbonyl (C=O) groups is 2. The minimum absolute atomic E-state index is 0.0604. The summed E-state index contributed by atoms with van der Waals surface area (Å²) in [5.41, 5.74) is 2.37. The number of aromatic amines is 1. The van der Waals surface area contributed by atoms with Crippen LogP contribution in [-0.2, 0) is 46.5 Å². The maximum atomic E-state index is 12.7. The second-order valence-corrected chi connectivity index (χ2v) is 12.8. The van der Waals surface area contributed by atoms with Gasteiger partial charge in [0.05, 0.1) is 13.2 Å². The topological polar surface area (TPSA) is 135 Å². The maximum Gasteiger partial charge on any atom is 0.330 e. The number of nitrogens with one attached hydrogen (secondary N) is 1. The van der Waals surface area contributed by atoms with E-state index in [1.807, 2.05) is 48.5 Å². The molecule has 52 heavy (non-hydrogen) atoms. The first-order valence-corrected chi connectivity index (χ1v) is 17.9. The average molecular weight is 713 g/mol. The molecule has 11 heteroatoms. The van der Waals surface area contributed by atoms with Crippen LogP contribution in [-0.4, -0.2) is 53.5 Å². The quantitative estimate of drug-likeness (QED) is 0.0964. The molecular formula is C41H48N2O9. The first-order chi connectivity index (χ1) is 25.2. The third-order valence-electron chi connectivity index (χ3n) is 8.45. The van der Waals surface area contributed by atoms with Gasteiger partial charge in [-0.1, -0.05) is 80.6 Å². The number of unbranched alkanes of at least 4 members (excludes halogenated alkanes) is 7. The van der Waals surface area contributed by atoms with Crippen LogP contribution in [0.2, 0.25) is 0 Å². The van der Waals surface area contributed by atoms with Crippen molar-refractivity contribution in [2.75, 3.05) is 19.8 Å². The van der Waals surface area contributed by atoms with E-state index < -0.39 is 41.6 Å². The molecule has 1 aromatic heterocycles. The van der Waals surface area contributed by atoms with Gasteiger partial charge in [-0.15, -0.1) is 6.42 Å². The van der Waals surface area contributed by atoms with Gasteiger partial charge in [0.25, 0.3) is 5.56 Å². The lowest BCUT2D eigenvalue weighted by atomic mass is 10.1. The number of esters is 2. The first-order valence-electron chi connectivity index (χ1n) is 17.9. The third kappa shape index (κ3) is 13.6. The highest BCUT2D eigenvalue weighted by Crippen LogP contribution is 2.30. The summed E-state index contributed by atoms with van der Waals surface area (Å²) in [5, 5.41) is 0. The predicted molar refractivity (Wildman–Crippen MR) is 195 cm³/mol. The third-order valence-corrected chi connectivity index (χ3v) is 8.45. The Morgan fingerprint density at radius 1 is 0.846 bits per heavy atom. The molecule has 0 bridgehead atoms. The van der Waals surface area contributed by atoms with E-state index in [1.165, 1.54) is 56.7 Å². The van der Waals surface area contributed by atoms with Gasteiger partial charge in [-0.05, 0) is 48.2 Å². The fourth-order valence-electron chi connectivity index (χ4n) is 5.82. The largest absolute Gasteiger partial charge is 0.463 e. The Balaban J connectivity index is 1.14. The Kier molecular flexibility index (Phi) is 16.4. The number of carbonyl (C=O) groups excluding carboxylic acids is 2. The smallest absolute Gasteiger partial charge is 0.330 e. The second kappa shape index (κ2) is 21.4. The molecule has 0 spiro atoms. The van der Waals surface area contributed by atoms with Gasteiger partial charge in [0.1, 0.15) is 30.6 Å². The molecule has 1 saturated heterocycles. The van der Waals surface area contributed by atoms with Gasteiger partial charge in [0.15, 0.2) is 0 Å². The van der Waals surface area contributed by atoms with Crippen LogP contribution in [0, 0.1) is 24.2 Å². The van der Waals surface area contributed by atoms with Crippen LogP contribution >= 0.6 is 0 Å². The summed E-state index contributed by atoms with van der Waals surface area (Å²) >= 11 is 0. The molecule has 0 amide bonds. The van der Waals surface area contributed by atoms with Crippen molar-refractivity contribution in [1.29, 1.82) is 0 Å². The number of benzene rings is 2. The number of terminal acetylenes is 1. The molecule has 0 aliphatic carbocycles. The summed E-state index contributed by atoms with van der Waals surface area (Å²) in [6, 6.07) is 15.5. The average Bonchev–Trinajstić information content (AvgIpc) is 3.52. The molecule has 3 aromatic rings. The zero-order valence-electron chi connectivity index (χ0n) is 30.0. The minimum atomic E-state index is -0.874. The van der Waals surface area contributed by atoms with Crippen molar-refractivity contribution < 1.29 is 33.3 Å². The van der Waals surface area contributed by atoms with Crippen LogP contribution in [0.3, 0.4) is 0 Å². The monoisotopic (exact) mass is 712 g/mol. The van der Waals surface area contributed by atoms with Gasteiger partial charge >= 0.3 is 17.6 Å². The van der Waals surface area contributed by atoms with E-state index in [-0.39, 0.29) is 18.6 Å². The van der Waals surface area contributed by atoms with Crippen molar-refractivity contribution in [3.63, 3.8) is 0 Å². The van der Waals surface area contributed by atoms with Crippen LogP contribution < -0.4 is 11.2 Å². The standard InChI is InChI=1S/C41H48N2O9/c1-4-32-15-13-17-34(23-32)27-48-21-11-9-7-5-6-8-10-12-22-49-28-35-18-14-16-33(24-35)19-20-36-26-43(41(47)42-40(36)46)39-25-37(51-31(3)45)38(52-39)29-50-30(2)44/h1,13-18,23-24,26,37-39H,5-12,21-22,25,27-29H2,2-3H3,(H,42,46,47)/t37-,38+,39+/m0/s1. The predicted octanol–water partition coefficient (Wildman–Crippen LogP) is 5.55. The van der Waals surface area contributed by atoms with Crippen molar-refractivity contribution in [2.45, 2.75) is 103 Å². The van der Waals surface area contributed by atoms with Crippen LogP contribution in [0.5, 0.6) is 0 Å². The summed E-state index contributed by atoms with van der Waals surface area (Å²) < 4.78 is 29.1. The molecule has 1 fully saturated rings. The zero-order chi connectivity index (χ0) is 37.1. The Morgan fingerprint density at radius 2 is 1.44 bits per heavy atom. The van der Waals surface area contributed by atoms with Crippen molar-refractivity contribution in [1.82, 2.24) is 9.55 Å². The lowest BCUT2D eigenvalue weighted by Crippen LogP contribution is -2.34. The summed E-state index contributed by atoms with van der Waals surface area (Å²) in [5.74, 6) is 7.45. The number of nitrogens with zero attached hydrogens (tertiary/aromatic N) is 1. The van der Waals surface area contributed by atoms with E-state index in [0.29, 0.717) is 25.4 Å². The SMILES string of the molecule is C#Cc1cccc(COCCCCCCCCCCOCc2cccc(C#Cc3cn([C@H]4C[C@H](OC(C)=O)[C@@H](COC(C)=O)O4)c(=O)[nH]c3=O)c2)c1. The molecule has 1 N–H and O–H groups in total. The van der Waals surface area contributed by atoms with Crippen molar-refractivity contribution in [3.05, 3.63) is 103 Å². The second-order valence-electron chi connectivity index (χ2n) is 12.8. The molecule has 4 rings (SSSR count). The summed E-state index contributed by atoms with van der Waals surface area (Å²) in [6.07, 6.45) is 13.7. The highest BCUT2D eigenvalue weighted by molar-refractivity contribution is 5.66. The normalized spacial score (nSPS) is 16.4. The minimum Gasteiger partial charge on any atom is -0.463 e. The molecule has 0 unspecified atom stereocenters. The van der Waals surface area contributed by atoms with E-state index in [2.05, 4.69) is 22.7 Å². The van der Waals surface area contributed by atoms with E-state index in [4.69, 9.17) is 30.1 Å². The van der Waals surface area contributed by atoms with Gasteiger partial charge in [0, 0.05) is 50.8 Å². The zero-order valence-corrected chi connectivity index (χ0v) is 30.0. The van der Waals surface area contributed by atoms with Crippen LogP contribution in [0.15, 0.2) is 64.3 Å². The van der Waals surface area contributed by atoms with Gasteiger partial charge in [-0.25, -0.2) is 4.79 Å². The molecule has 2 aromatic carbocycles. The number of hydrogen-bond acceptors (Lipinski definition) is 9. The number of ether oxygens (including phenoxy) is 5. The van der Waals surface area contributed by atoms with Gasteiger partial charge in [-0.3, -0.25) is 23.9 Å². The summed E-state index contributed by atoms with van der Waals surface area (Å²) in [4.78, 5) is 50.5. The lowest BCUT2D eigenvalue weighted by Gasteiger charge is -2.17. The molecule has 3 atom stereocenters. The van der Waals surface area contributed by atoms with Crippen LogP contribution in [0.4, 0.5) is 0 Å². The van der Waals surface area contributed by atoms with E-state index in [0.717, 1.165) is 42.6 Å². The van der Waals surface area contributed by atoms with E-state index in [9.17, 15) is 19.2 Å². The number of aromatic nitrogens is 2. The molecule has 276 valence electrons. The van der Waals surface area contributed by atoms with E-state index >= 15 is 0 Å². The molecular weight excluding hydrogens is 664 g/mol. The maximum absolute atomic E-state index is 12.7. The lowest BCUT2D eigenvalue weighted by molar-refractivity contribution is -0.155.